The van der Waals surface area contributed by atoms with Gasteiger partial charge in [0.2, 0.25) is 5.91 Å². The molecule has 1 aliphatic heterocycles. The van der Waals surface area contributed by atoms with Crippen LogP contribution in [-0.4, -0.2) is 28.3 Å². The van der Waals surface area contributed by atoms with Crippen LogP contribution in [0.2, 0.25) is 0 Å². The van der Waals surface area contributed by atoms with Gasteiger partial charge < -0.3 is 5.32 Å². The molecule has 0 bridgehead atoms. The molecule has 1 saturated carbocycles. The molecule has 21 heavy (non-hydrogen) atoms. The summed E-state index contributed by atoms with van der Waals surface area (Å²) in [5.74, 6) is 0.0498. The minimum absolute atomic E-state index is 0.0256. The SMILES string of the molecule is O=C1CN(C(=O)c2scnc2C2CC2)c2ccncc2N1. The van der Waals surface area contributed by atoms with Gasteiger partial charge in [-0.15, -0.1) is 11.3 Å². The molecule has 1 fully saturated rings. The number of aromatic nitrogens is 2. The van der Waals surface area contributed by atoms with Crippen LogP contribution in [0.4, 0.5) is 11.4 Å². The molecule has 0 radical (unpaired) electrons. The molecular weight excluding hydrogens is 288 g/mol. The van der Waals surface area contributed by atoms with Crippen LogP contribution in [0.25, 0.3) is 0 Å². The maximum atomic E-state index is 12.8. The van der Waals surface area contributed by atoms with Gasteiger partial charge in [-0.2, -0.15) is 0 Å². The van der Waals surface area contributed by atoms with Crippen molar-refractivity contribution in [3.05, 3.63) is 34.5 Å². The van der Waals surface area contributed by atoms with E-state index in [0.717, 1.165) is 18.5 Å². The summed E-state index contributed by atoms with van der Waals surface area (Å²) < 4.78 is 0. The third-order valence-electron chi connectivity index (χ3n) is 3.66. The first-order valence-corrected chi connectivity index (χ1v) is 7.61. The van der Waals surface area contributed by atoms with Gasteiger partial charge in [-0.1, -0.05) is 0 Å². The summed E-state index contributed by atoms with van der Waals surface area (Å²) in [6.45, 7) is 0.0256. The van der Waals surface area contributed by atoms with Crippen molar-refractivity contribution in [2.45, 2.75) is 18.8 Å². The van der Waals surface area contributed by atoms with E-state index in [1.165, 1.54) is 16.2 Å². The van der Waals surface area contributed by atoms with Crippen molar-refractivity contribution >= 4 is 34.5 Å². The first kappa shape index (κ1) is 12.5. The Morgan fingerprint density at radius 1 is 1.43 bits per heavy atom. The monoisotopic (exact) mass is 300 g/mol. The van der Waals surface area contributed by atoms with Crippen molar-refractivity contribution < 1.29 is 9.59 Å². The maximum Gasteiger partial charge on any atom is 0.270 e. The van der Waals surface area contributed by atoms with Gasteiger partial charge >= 0.3 is 0 Å². The van der Waals surface area contributed by atoms with Crippen molar-refractivity contribution in [2.75, 3.05) is 16.8 Å². The largest absolute Gasteiger partial charge is 0.321 e. The lowest BCUT2D eigenvalue weighted by Gasteiger charge is -2.28. The zero-order chi connectivity index (χ0) is 14.4. The molecule has 2 aromatic heterocycles. The Hall–Kier alpha value is -2.28. The summed E-state index contributed by atoms with van der Waals surface area (Å²) >= 11 is 1.35. The number of hydrogen-bond donors (Lipinski definition) is 1. The molecule has 0 saturated heterocycles. The highest BCUT2D eigenvalue weighted by Gasteiger charge is 2.34. The standard InChI is InChI=1S/C14H12N4O2S/c19-11-6-18(10-3-4-15-5-9(10)17-11)14(20)13-12(8-1-2-8)16-7-21-13/h3-5,7-8H,1-2,6H2,(H,17,19). The smallest absolute Gasteiger partial charge is 0.270 e. The topological polar surface area (TPSA) is 75.2 Å². The second kappa shape index (κ2) is 4.63. The van der Waals surface area contributed by atoms with Crippen LogP contribution >= 0.6 is 11.3 Å². The van der Waals surface area contributed by atoms with Crippen molar-refractivity contribution in [3.8, 4) is 0 Å². The first-order chi connectivity index (χ1) is 10.2. The number of nitrogens with zero attached hydrogens (tertiary/aromatic N) is 3. The molecule has 6 nitrogen and oxygen atoms in total. The number of carbonyl (C=O) groups is 2. The minimum atomic E-state index is -0.207. The van der Waals surface area contributed by atoms with E-state index in [1.807, 2.05) is 0 Å². The number of carbonyl (C=O) groups excluding carboxylic acids is 2. The molecule has 7 heteroatoms. The molecule has 1 aliphatic carbocycles. The Labute approximate surface area is 124 Å². The second-order valence-electron chi connectivity index (χ2n) is 5.17. The Kier molecular flexibility index (Phi) is 2.75. The molecule has 4 rings (SSSR count). The van der Waals surface area contributed by atoms with Crippen LogP contribution in [0, 0.1) is 0 Å². The normalized spacial score (nSPS) is 17.3. The summed E-state index contributed by atoms with van der Waals surface area (Å²) in [6.07, 6.45) is 5.35. The molecule has 0 unspecified atom stereocenters. The predicted octanol–water partition coefficient (Wildman–Crippen LogP) is 2.01. The lowest BCUT2D eigenvalue weighted by molar-refractivity contribution is -0.115. The van der Waals surface area contributed by atoms with Crippen LogP contribution in [0.15, 0.2) is 24.0 Å². The van der Waals surface area contributed by atoms with E-state index in [-0.39, 0.29) is 18.4 Å². The molecule has 3 heterocycles. The van der Waals surface area contributed by atoms with Gasteiger partial charge in [0.1, 0.15) is 11.4 Å². The fraction of sp³-hybridized carbons (Fsp3) is 0.286. The average Bonchev–Trinajstić information content (AvgIpc) is 3.22. The number of amides is 2. The zero-order valence-corrected chi connectivity index (χ0v) is 11.9. The predicted molar refractivity (Wildman–Crippen MR) is 78.6 cm³/mol. The lowest BCUT2D eigenvalue weighted by atomic mass is 10.2. The first-order valence-electron chi connectivity index (χ1n) is 6.73. The van der Waals surface area contributed by atoms with Gasteiger partial charge in [0, 0.05) is 12.1 Å². The summed E-state index contributed by atoms with van der Waals surface area (Å²) in [5, 5.41) is 2.73. The quantitative estimate of drug-likeness (QED) is 0.920. The van der Waals surface area contributed by atoms with Crippen LogP contribution in [0.5, 0.6) is 0 Å². The van der Waals surface area contributed by atoms with E-state index < -0.39 is 0 Å². The average molecular weight is 300 g/mol. The van der Waals surface area contributed by atoms with E-state index in [4.69, 9.17) is 0 Å². The number of anilines is 2. The van der Waals surface area contributed by atoms with Crippen LogP contribution in [0.1, 0.15) is 34.1 Å². The van der Waals surface area contributed by atoms with E-state index in [9.17, 15) is 9.59 Å². The van der Waals surface area contributed by atoms with E-state index >= 15 is 0 Å². The molecule has 0 spiro atoms. The fourth-order valence-electron chi connectivity index (χ4n) is 2.50. The number of pyridine rings is 1. The van der Waals surface area contributed by atoms with Crippen LogP contribution in [0.3, 0.4) is 0 Å². The Morgan fingerprint density at radius 2 is 2.29 bits per heavy atom. The molecule has 0 atom stereocenters. The third kappa shape index (κ3) is 2.09. The van der Waals surface area contributed by atoms with Gasteiger partial charge in [0.25, 0.3) is 5.91 Å². The van der Waals surface area contributed by atoms with Gasteiger partial charge in [-0.3, -0.25) is 19.5 Å². The van der Waals surface area contributed by atoms with Crippen LogP contribution in [-0.2, 0) is 4.79 Å². The van der Waals surface area contributed by atoms with Gasteiger partial charge in [0.05, 0.1) is 28.8 Å². The molecule has 2 aliphatic rings. The van der Waals surface area contributed by atoms with Gasteiger partial charge in [-0.05, 0) is 18.9 Å². The van der Waals surface area contributed by atoms with Crippen molar-refractivity contribution in [1.82, 2.24) is 9.97 Å². The highest BCUT2D eigenvalue weighted by Crippen LogP contribution is 2.42. The number of fused-ring (bicyclic) bond motifs is 1. The Bertz CT molecular complexity index is 738. The highest BCUT2D eigenvalue weighted by molar-refractivity contribution is 7.12. The molecule has 0 aromatic carbocycles. The lowest BCUT2D eigenvalue weighted by Crippen LogP contribution is -2.42. The van der Waals surface area contributed by atoms with Crippen molar-refractivity contribution in [2.24, 2.45) is 0 Å². The summed E-state index contributed by atoms with van der Waals surface area (Å²) in [7, 11) is 0. The second-order valence-corrected chi connectivity index (χ2v) is 6.03. The Morgan fingerprint density at radius 3 is 3.10 bits per heavy atom. The summed E-state index contributed by atoms with van der Waals surface area (Å²) in [5.41, 5.74) is 3.84. The fourth-order valence-corrected chi connectivity index (χ4v) is 3.33. The number of rotatable bonds is 2. The molecule has 2 amide bonds. The van der Waals surface area contributed by atoms with E-state index in [0.29, 0.717) is 22.2 Å². The van der Waals surface area contributed by atoms with E-state index in [1.54, 1.807) is 24.0 Å². The zero-order valence-electron chi connectivity index (χ0n) is 11.1. The number of nitrogens with one attached hydrogen (secondary N) is 1. The highest BCUT2D eigenvalue weighted by atomic mass is 32.1. The number of thiazole rings is 1. The van der Waals surface area contributed by atoms with Crippen LogP contribution < -0.4 is 10.2 Å². The minimum Gasteiger partial charge on any atom is -0.321 e. The van der Waals surface area contributed by atoms with E-state index in [2.05, 4.69) is 15.3 Å². The summed E-state index contributed by atoms with van der Waals surface area (Å²) in [4.78, 5) is 35.1. The summed E-state index contributed by atoms with van der Waals surface area (Å²) in [6, 6.07) is 1.74. The van der Waals surface area contributed by atoms with Gasteiger partial charge in [-0.25, -0.2) is 4.98 Å². The van der Waals surface area contributed by atoms with Crippen molar-refractivity contribution in [1.29, 1.82) is 0 Å². The third-order valence-corrected chi connectivity index (χ3v) is 4.49. The number of hydrogen-bond acceptors (Lipinski definition) is 5. The van der Waals surface area contributed by atoms with Crippen molar-refractivity contribution in [3.63, 3.8) is 0 Å². The Balaban J connectivity index is 1.74. The molecule has 106 valence electrons. The maximum absolute atomic E-state index is 12.8. The molecule has 2 aromatic rings. The molecular formula is C14H12N4O2S. The van der Waals surface area contributed by atoms with Gasteiger partial charge in [0.15, 0.2) is 0 Å². The molecule has 1 N–H and O–H groups in total.